The summed E-state index contributed by atoms with van der Waals surface area (Å²) in [5, 5.41) is 0. The van der Waals surface area contributed by atoms with Crippen LogP contribution >= 0.6 is 0 Å². The summed E-state index contributed by atoms with van der Waals surface area (Å²) in [6.45, 7) is 5.54. The summed E-state index contributed by atoms with van der Waals surface area (Å²) in [7, 11) is -3.42. The summed E-state index contributed by atoms with van der Waals surface area (Å²) >= 11 is 0. The number of aromatic nitrogens is 1. The number of hydrogen-bond acceptors (Lipinski definition) is 3. The second-order valence-corrected chi connectivity index (χ2v) is 7.55. The van der Waals surface area contributed by atoms with Gasteiger partial charge < -0.3 is 10.3 Å². The van der Waals surface area contributed by atoms with Gasteiger partial charge in [-0.15, -0.1) is 0 Å². The van der Waals surface area contributed by atoms with Gasteiger partial charge in [-0.3, -0.25) is 0 Å². The van der Waals surface area contributed by atoms with E-state index in [-0.39, 0.29) is 6.04 Å². The Hall–Kier alpha value is -0.850. The van der Waals surface area contributed by atoms with E-state index in [1.807, 2.05) is 18.4 Å². The third-order valence-electron chi connectivity index (χ3n) is 4.41. The number of hydrogen-bond donors (Lipinski definition) is 1. The van der Waals surface area contributed by atoms with E-state index < -0.39 is 10.0 Å². The van der Waals surface area contributed by atoms with Crippen LogP contribution in [0.5, 0.6) is 0 Å². The van der Waals surface area contributed by atoms with Crippen molar-refractivity contribution in [1.82, 2.24) is 8.87 Å². The summed E-state index contributed by atoms with van der Waals surface area (Å²) < 4.78 is 29.5. The molecule has 1 aromatic rings. The molecule has 0 aliphatic heterocycles. The average molecular weight is 313 g/mol. The molecule has 1 fully saturated rings. The first kappa shape index (κ1) is 16.5. The maximum atomic E-state index is 12.9. The molecule has 2 N–H and O–H groups in total. The van der Waals surface area contributed by atoms with Crippen LogP contribution in [0, 0.1) is 0 Å². The number of sulfonamides is 1. The summed E-state index contributed by atoms with van der Waals surface area (Å²) in [4.78, 5) is 0.386. The van der Waals surface area contributed by atoms with Gasteiger partial charge in [0.1, 0.15) is 4.90 Å². The lowest BCUT2D eigenvalue weighted by atomic mass is 9.95. The van der Waals surface area contributed by atoms with Crippen molar-refractivity contribution in [1.29, 1.82) is 0 Å². The first-order valence-corrected chi connectivity index (χ1v) is 9.39. The fourth-order valence-electron chi connectivity index (χ4n) is 3.26. The highest BCUT2D eigenvalue weighted by Gasteiger charge is 2.32. The van der Waals surface area contributed by atoms with E-state index in [1.165, 1.54) is 6.42 Å². The molecule has 0 unspecified atom stereocenters. The predicted octanol–water partition coefficient (Wildman–Crippen LogP) is 2.31. The van der Waals surface area contributed by atoms with Crippen LogP contribution < -0.4 is 5.73 Å². The molecule has 1 heterocycles. The molecule has 0 radical (unpaired) electrons. The van der Waals surface area contributed by atoms with Gasteiger partial charge in [-0.1, -0.05) is 26.2 Å². The van der Waals surface area contributed by atoms with Gasteiger partial charge in [0.25, 0.3) is 0 Å². The molecule has 0 aromatic carbocycles. The molecule has 0 saturated heterocycles. The first-order chi connectivity index (χ1) is 10.0. The van der Waals surface area contributed by atoms with E-state index in [1.54, 1.807) is 16.6 Å². The zero-order chi connectivity index (χ0) is 15.5. The lowest BCUT2D eigenvalue weighted by molar-refractivity contribution is 0.261. The minimum absolute atomic E-state index is 0.153. The molecule has 1 aliphatic rings. The molecule has 21 heavy (non-hydrogen) atoms. The molecule has 1 saturated carbocycles. The van der Waals surface area contributed by atoms with E-state index in [0.29, 0.717) is 18.0 Å². The fourth-order valence-corrected chi connectivity index (χ4v) is 5.02. The lowest BCUT2D eigenvalue weighted by Gasteiger charge is -2.32. The van der Waals surface area contributed by atoms with Crippen molar-refractivity contribution in [3.05, 3.63) is 18.0 Å². The zero-order valence-electron chi connectivity index (χ0n) is 13.1. The van der Waals surface area contributed by atoms with Crippen molar-refractivity contribution in [3.63, 3.8) is 0 Å². The molecule has 6 heteroatoms. The van der Waals surface area contributed by atoms with Gasteiger partial charge in [-0.2, -0.15) is 4.31 Å². The van der Waals surface area contributed by atoms with Gasteiger partial charge in [0.05, 0.1) is 0 Å². The first-order valence-electron chi connectivity index (χ1n) is 7.95. The van der Waals surface area contributed by atoms with Crippen molar-refractivity contribution < 1.29 is 8.42 Å². The summed E-state index contributed by atoms with van der Waals surface area (Å²) in [5.74, 6) is 0. The van der Waals surface area contributed by atoms with E-state index in [9.17, 15) is 8.42 Å². The second kappa shape index (κ2) is 6.94. The fraction of sp³-hybridized carbons (Fsp3) is 0.733. The molecule has 0 bridgehead atoms. The normalized spacial score (nSPS) is 17.5. The number of aryl methyl sites for hydroxylation is 1. The largest absolute Gasteiger partial charge is 0.349 e. The maximum Gasteiger partial charge on any atom is 0.244 e. The lowest BCUT2D eigenvalue weighted by Crippen LogP contribution is -2.41. The summed E-state index contributed by atoms with van der Waals surface area (Å²) in [5.41, 5.74) is 6.58. The molecule has 2 rings (SSSR count). The van der Waals surface area contributed by atoms with Gasteiger partial charge in [-0.05, 0) is 25.8 Å². The number of nitrogens with zero attached hydrogens (tertiary/aromatic N) is 2. The Kier molecular flexibility index (Phi) is 5.46. The van der Waals surface area contributed by atoms with Crippen LogP contribution in [0.2, 0.25) is 0 Å². The Balaban J connectivity index is 2.32. The van der Waals surface area contributed by atoms with Gasteiger partial charge in [-0.25, -0.2) is 8.42 Å². The van der Waals surface area contributed by atoms with Gasteiger partial charge in [0.15, 0.2) is 0 Å². The van der Waals surface area contributed by atoms with Crippen LogP contribution in [0.15, 0.2) is 17.2 Å². The highest BCUT2D eigenvalue weighted by molar-refractivity contribution is 7.89. The molecule has 1 aromatic heterocycles. The van der Waals surface area contributed by atoms with Crippen molar-refractivity contribution >= 4 is 10.0 Å². The molecule has 120 valence electrons. The number of rotatable bonds is 6. The van der Waals surface area contributed by atoms with Crippen molar-refractivity contribution in [3.8, 4) is 0 Å². The van der Waals surface area contributed by atoms with Crippen LogP contribution in [-0.2, 0) is 23.1 Å². The Bertz CT molecular complexity index is 538. The molecule has 0 atom stereocenters. The van der Waals surface area contributed by atoms with Gasteiger partial charge >= 0.3 is 0 Å². The average Bonchev–Trinajstić information content (AvgIpc) is 2.93. The van der Waals surface area contributed by atoms with Crippen LogP contribution in [0.1, 0.15) is 51.6 Å². The minimum Gasteiger partial charge on any atom is -0.349 e. The van der Waals surface area contributed by atoms with Gasteiger partial charge in [0, 0.05) is 37.6 Å². The van der Waals surface area contributed by atoms with Crippen LogP contribution in [0.4, 0.5) is 0 Å². The predicted molar refractivity (Wildman–Crippen MR) is 84.4 cm³/mol. The highest BCUT2D eigenvalue weighted by atomic mass is 32.2. The van der Waals surface area contributed by atoms with Crippen molar-refractivity contribution in [2.24, 2.45) is 5.73 Å². The molecular weight excluding hydrogens is 286 g/mol. The van der Waals surface area contributed by atoms with Crippen molar-refractivity contribution in [2.75, 3.05) is 6.54 Å². The van der Waals surface area contributed by atoms with E-state index in [0.717, 1.165) is 37.9 Å². The molecule has 0 spiro atoms. The highest BCUT2D eigenvalue weighted by Crippen LogP contribution is 2.28. The molecule has 0 amide bonds. The van der Waals surface area contributed by atoms with E-state index >= 15 is 0 Å². The SMILES string of the molecule is CCN(C1CCCCC1)S(=O)(=O)c1cc(CN)n(CC)c1. The third-order valence-corrected chi connectivity index (χ3v) is 6.40. The third kappa shape index (κ3) is 3.33. The standard InChI is InChI=1S/C15H27N3O2S/c1-3-17-12-15(10-14(17)11-16)21(19,20)18(4-2)13-8-6-5-7-9-13/h10,12-13H,3-9,11,16H2,1-2H3. The Morgan fingerprint density at radius 1 is 1.29 bits per heavy atom. The Morgan fingerprint density at radius 2 is 1.95 bits per heavy atom. The summed E-state index contributed by atoms with van der Waals surface area (Å²) in [6.07, 6.45) is 7.15. The van der Waals surface area contributed by atoms with Crippen LogP contribution in [0.3, 0.4) is 0 Å². The monoisotopic (exact) mass is 313 g/mol. The molecule has 5 nitrogen and oxygen atoms in total. The Labute approximate surface area is 128 Å². The molecular formula is C15H27N3O2S. The zero-order valence-corrected chi connectivity index (χ0v) is 13.9. The van der Waals surface area contributed by atoms with Crippen LogP contribution in [0.25, 0.3) is 0 Å². The quantitative estimate of drug-likeness (QED) is 0.876. The topological polar surface area (TPSA) is 68.3 Å². The van der Waals surface area contributed by atoms with Gasteiger partial charge in [0.2, 0.25) is 10.0 Å². The minimum atomic E-state index is -3.42. The smallest absolute Gasteiger partial charge is 0.244 e. The number of nitrogens with two attached hydrogens (primary N) is 1. The summed E-state index contributed by atoms with van der Waals surface area (Å²) in [6, 6.07) is 1.88. The second-order valence-electron chi connectivity index (χ2n) is 5.66. The van der Waals surface area contributed by atoms with E-state index in [2.05, 4.69) is 0 Å². The van der Waals surface area contributed by atoms with Crippen molar-refractivity contribution in [2.45, 2.75) is 70.0 Å². The molecule has 1 aliphatic carbocycles. The maximum absolute atomic E-state index is 12.9. The van der Waals surface area contributed by atoms with Crippen LogP contribution in [-0.4, -0.2) is 29.9 Å². The Morgan fingerprint density at radius 3 is 2.43 bits per heavy atom. The van der Waals surface area contributed by atoms with E-state index in [4.69, 9.17) is 5.73 Å².